The molecule has 9 heteroatoms. The Morgan fingerprint density at radius 1 is 1.52 bits per heavy atom. The van der Waals surface area contributed by atoms with Crippen molar-refractivity contribution in [2.45, 2.75) is 30.8 Å². The molecule has 0 aromatic carbocycles. The van der Waals surface area contributed by atoms with E-state index >= 15 is 0 Å². The van der Waals surface area contributed by atoms with Crippen LogP contribution >= 0.6 is 11.8 Å². The van der Waals surface area contributed by atoms with Crippen molar-refractivity contribution >= 4 is 23.7 Å². The van der Waals surface area contributed by atoms with Gasteiger partial charge in [0.1, 0.15) is 0 Å². The van der Waals surface area contributed by atoms with E-state index in [0.29, 0.717) is 23.3 Å². The van der Waals surface area contributed by atoms with Gasteiger partial charge >= 0.3 is 6.03 Å². The van der Waals surface area contributed by atoms with Gasteiger partial charge in [0.25, 0.3) is 0 Å². The van der Waals surface area contributed by atoms with Gasteiger partial charge in [-0.25, -0.2) is 4.79 Å². The predicted octanol–water partition coefficient (Wildman–Crippen LogP) is 1.23. The molecular formula is C12H15N5O3S. The van der Waals surface area contributed by atoms with E-state index in [1.54, 1.807) is 25.3 Å². The van der Waals surface area contributed by atoms with E-state index in [1.807, 2.05) is 16.8 Å². The maximum absolute atomic E-state index is 11.7. The van der Waals surface area contributed by atoms with E-state index in [0.717, 1.165) is 0 Å². The van der Waals surface area contributed by atoms with Crippen molar-refractivity contribution in [1.29, 1.82) is 0 Å². The van der Waals surface area contributed by atoms with Crippen molar-refractivity contribution in [3.05, 3.63) is 18.4 Å². The first kappa shape index (κ1) is 15.1. The van der Waals surface area contributed by atoms with Crippen molar-refractivity contribution in [2.75, 3.05) is 0 Å². The Labute approximate surface area is 125 Å². The molecule has 2 aromatic rings. The molecule has 0 spiro atoms. The average Bonchev–Trinajstić information content (AvgIpc) is 3.05. The summed E-state index contributed by atoms with van der Waals surface area (Å²) in [5.74, 6) is 0.718. The molecule has 1 atom stereocenters. The molecule has 112 valence electrons. The zero-order chi connectivity index (χ0) is 15.4. The highest BCUT2D eigenvalue weighted by molar-refractivity contribution is 8.00. The number of carbonyl (C=O) groups is 2. The number of nitrogens with zero attached hydrogens (tertiary/aromatic N) is 3. The molecule has 0 saturated carbocycles. The van der Waals surface area contributed by atoms with Crippen LogP contribution in [0.2, 0.25) is 0 Å². The molecule has 3 N–H and O–H groups in total. The number of nitrogens with two attached hydrogens (primary N) is 1. The molecule has 0 saturated heterocycles. The number of furan rings is 1. The normalized spacial score (nSPS) is 12.1. The number of thioether (sulfide) groups is 1. The van der Waals surface area contributed by atoms with E-state index in [2.05, 4.69) is 10.2 Å². The van der Waals surface area contributed by atoms with Crippen molar-refractivity contribution < 1.29 is 14.0 Å². The number of carbonyl (C=O) groups excluding carboxylic acids is 2. The molecule has 0 aliphatic carbocycles. The van der Waals surface area contributed by atoms with E-state index in [4.69, 9.17) is 10.2 Å². The van der Waals surface area contributed by atoms with Gasteiger partial charge in [-0.3, -0.25) is 14.7 Å². The number of aromatic nitrogens is 3. The number of urea groups is 1. The lowest BCUT2D eigenvalue weighted by Crippen LogP contribution is -2.39. The fourth-order valence-corrected chi connectivity index (χ4v) is 2.60. The molecule has 1 unspecified atom stereocenters. The molecule has 0 radical (unpaired) electrons. The van der Waals surface area contributed by atoms with Gasteiger partial charge in [0.05, 0.1) is 11.5 Å². The second-order valence-electron chi connectivity index (χ2n) is 4.14. The summed E-state index contributed by atoms with van der Waals surface area (Å²) in [7, 11) is 0. The SMILES string of the molecule is CCn1c(SC(C)C(=O)NC(N)=O)nnc1-c1ccco1. The Kier molecular flexibility index (Phi) is 4.63. The van der Waals surface area contributed by atoms with Crippen LogP contribution in [0.25, 0.3) is 11.6 Å². The van der Waals surface area contributed by atoms with Crippen molar-refractivity contribution in [1.82, 2.24) is 20.1 Å². The van der Waals surface area contributed by atoms with Crippen LogP contribution in [0.5, 0.6) is 0 Å². The highest BCUT2D eigenvalue weighted by Crippen LogP contribution is 2.26. The zero-order valence-electron chi connectivity index (χ0n) is 11.6. The van der Waals surface area contributed by atoms with Gasteiger partial charge in [-0.05, 0) is 26.0 Å². The van der Waals surface area contributed by atoms with Crippen LogP contribution in [0.4, 0.5) is 4.79 Å². The molecule has 3 amide bonds. The molecule has 2 aromatic heterocycles. The molecule has 0 bridgehead atoms. The standard InChI is InChI=1S/C12H15N5O3S/c1-3-17-9(8-5-4-6-20-8)15-16-12(17)21-7(2)10(18)14-11(13)19/h4-7H,3H2,1-2H3,(H3,13,14,18,19). The molecule has 2 heterocycles. The Morgan fingerprint density at radius 3 is 2.86 bits per heavy atom. The van der Waals surface area contributed by atoms with E-state index in [-0.39, 0.29) is 0 Å². The number of nitrogens with one attached hydrogen (secondary N) is 1. The van der Waals surface area contributed by atoms with Crippen molar-refractivity contribution in [3.8, 4) is 11.6 Å². The van der Waals surface area contributed by atoms with Crippen LogP contribution in [-0.4, -0.2) is 32.0 Å². The molecular weight excluding hydrogens is 294 g/mol. The Morgan fingerprint density at radius 2 is 2.29 bits per heavy atom. The lowest BCUT2D eigenvalue weighted by atomic mass is 10.4. The average molecular weight is 309 g/mol. The van der Waals surface area contributed by atoms with Gasteiger partial charge in [0.2, 0.25) is 5.91 Å². The minimum Gasteiger partial charge on any atom is -0.461 e. The summed E-state index contributed by atoms with van der Waals surface area (Å²) in [6.07, 6.45) is 1.56. The fraction of sp³-hybridized carbons (Fsp3) is 0.333. The highest BCUT2D eigenvalue weighted by Gasteiger charge is 2.21. The smallest absolute Gasteiger partial charge is 0.318 e. The first-order valence-electron chi connectivity index (χ1n) is 6.27. The number of rotatable bonds is 5. The molecule has 0 fully saturated rings. The first-order chi connectivity index (χ1) is 10.0. The van der Waals surface area contributed by atoms with Gasteiger partial charge in [-0.1, -0.05) is 11.8 Å². The first-order valence-corrected chi connectivity index (χ1v) is 7.15. The van der Waals surface area contributed by atoms with Gasteiger partial charge < -0.3 is 10.2 Å². The number of hydrogen-bond donors (Lipinski definition) is 2. The van der Waals surface area contributed by atoms with Crippen LogP contribution < -0.4 is 11.1 Å². The van der Waals surface area contributed by atoms with Gasteiger partial charge in [0.15, 0.2) is 16.7 Å². The van der Waals surface area contributed by atoms with Crippen LogP contribution in [0.15, 0.2) is 28.0 Å². The number of hydrogen-bond acceptors (Lipinski definition) is 6. The minimum absolute atomic E-state index is 0.474. The summed E-state index contributed by atoms with van der Waals surface area (Å²) in [4.78, 5) is 22.4. The Balaban J connectivity index is 2.18. The van der Waals surface area contributed by atoms with Crippen LogP contribution in [0, 0.1) is 0 Å². The van der Waals surface area contributed by atoms with Gasteiger partial charge in [-0.2, -0.15) is 0 Å². The van der Waals surface area contributed by atoms with Crippen molar-refractivity contribution in [3.63, 3.8) is 0 Å². The summed E-state index contributed by atoms with van der Waals surface area (Å²) in [6.45, 7) is 4.22. The molecule has 21 heavy (non-hydrogen) atoms. The quantitative estimate of drug-likeness (QED) is 0.802. The molecule has 0 aliphatic rings. The summed E-state index contributed by atoms with van der Waals surface area (Å²) >= 11 is 1.19. The van der Waals surface area contributed by atoms with Crippen molar-refractivity contribution in [2.24, 2.45) is 5.73 Å². The van der Waals surface area contributed by atoms with E-state index < -0.39 is 17.2 Å². The van der Waals surface area contributed by atoms with E-state index in [9.17, 15) is 9.59 Å². The molecule has 8 nitrogen and oxygen atoms in total. The monoisotopic (exact) mass is 309 g/mol. The highest BCUT2D eigenvalue weighted by atomic mass is 32.2. The summed E-state index contributed by atoms with van der Waals surface area (Å²) in [6, 6.07) is 2.67. The van der Waals surface area contributed by atoms with Gasteiger partial charge in [0, 0.05) is 6.54 Å². The van der Waals surface area contributed by atoms with E-state index in [1.165, 1.54) is 11.8 Å². The Bertz CT molecular complexity index is 637. The summed E-state index contributed by atoms with van der Waals surface area (Å²) in [5, 5.41) is 10.2. The maximum Gasteiger partial charge on any atom is 0.318 e. The number of primary amides is 1. The third-order valence-electron chi connectivity index (χ3n) is 2.67. The zero-order valence-corrected chi connectivity index (χ0v) is 12.4. The second kappa shape index (κ2) is 6.44. The van der Waals surface area contributed by atoms with Crippen LogP contribution in [0.1, 0.15) is 13.8 Å². The largest absolute Gasteiger partial charge is 0.461 e. The summed E-state index contributed by atoms with van der Waals surface area (Å²) in [5.41, 5.74) is 4.92. The second-order valence-corrected chi connectivity index (χ2v) is 5.45. The fourth-order valence-electron chi connectivity index (χ4n) is 1.68. The summed E-state index contributed by atoms with van der Waals surface area (Å²) < 4.78 is 7.14. The number of imide groups is 1. The minimum atomic E-state index is -0.874. The molecule has 2 rings (SSSR count). The number of amides is 3. The Hall–Kier alpha value is -2.29. The maximum atomic E-state index is 11.7. The molecule has 0 aliphatic heterocycles. The third-order valence-corrected chi connectivity index (χ3v) is 3.75. The van der Waals surface area contributed by atoms with Gasteiger partial charge in [-0.15, -0.1) is 10.2 Å². The lowest BCUT2D eigenvalue weighted by Gasteiger charge is -2.10. The lowest BCUT2D eigenvalue weighted by molar-refractivity contribution is -0.119. The topological polar surface area (TPSA) is 116 Å². The van der Waals surface area contributed by atoms with Crippen LogP contribution in [-0.2, 0) is 11.3 Å². The predicted molar refractivity (Wildman–Crippen MR) is 76.4 cm³/mol. The third kappa shape index (κ3) is 3.43. The van der Waals surface area contributed by atoms with Crippen LogP contribution in [0.3, 0.4) is 0 Å².